The lowest BCUT2D eigenvalue weighted by Gasteiger charge is -2.07. The third kappa shape index (κ3) is 3.85. The van der Waals surface area contributed by atoms with E-state index in [0.717, 1.165) is 11.5 Å². The maximum Gasteiger partial charge on any atom is 0.269 e. The quantitative estimate of drug-likeness (QED) is 0.889. The molecule has 2 rings (SSSR count). The van der Waals surface area contributed by atoms with Crippen molar-refractivity contribution in [1.82, 2.24) is 9.59 Å². The van der Waals surface area contributed by atoms with Gasteiger partial charge in [-0.2, -0.15) is 0 Å². The first-order valence-corrected chi connectivity index (χ1v) is 7.43. The van der Waals surface area contributed by atoms with E-state index in [1.165, 1.54) is 0 Å². The molecule has 0 radical (unpaired) electrons. The van der Waals surface area contributed by atoms with Crippen LogP contribution in [0, 0.1) is 0 Å². The Balaban J connectivity index is 2.11. The van der Waals surface area contributed by atoms with E-state index in [0.29, 0.717) is 34.8 Å². The molecule has 6 nitrogen and oxygen atoms in total. The maximum atomic E-state index is 12.2. The molecule has 1 aromatic heterocycles. The monoisotopic (exact) mass is 304 g/mol. The second-order valence-electron chi connectivity index (χ2n) is 4.34. The van der Waals surface area contributed by atoms with Gasteiger partial charge in [-0.15, -0.1) is 5.10 Å². The van der Waals surface area contributed by atoms with Gasteiger partial charge in [0.05, 0.1) is 5.69 Å². The summed E-state index contributed by atoms with van der Waals surface area (Å²) in [5.41, 5.74) is 1.95. The van der Waals surface area contributed by atoms with Crippen molar-refractivity contribution in [2.24, 2.45) is 0 Å². The van der Waals surface area contributed by atoms with Crippen LogP contribution in [-0.4, -0.2) is 21.4 Å². The van der Waals surface area contributed by atoms with E-state index in [2.05, 4.69) is 20.2 Å². The zero-order valence-electron chi connectivity index (χ0n) is 11.8. The number of hydrogen-bond acceptors (Lipinski definition) is 5. The van der Waals surface area contributed by atoms with E-state index in [-0.39, 0.29) is 11.8 Å². The molecule has 0 saturated heterocycles. The van der Waals surface area contributed by atoms with Crippen LogP contribution < -0.4 is 10.6 Å². The van der Waals surface area contributed by atoms with Gasteiger partial charge in [0.1, 0.15) is 4.88 Å². The topological polar surface area (TPSA) is 84.0 Å². The van der Waals surface area contributed by atoms with Crippen LogP contribution >= 0.6 is 11.5 Å². The van der Waals surface area contributed by atoms with E-state index in [1.807, 2.05) is 6.92 Å². The minimum absolute atomic E-state index is 0.0709. The highest BCUT2D eigenvalue weighted by molar-refractivity contribution is 7.08. The molecule has 0 aliphatic carbocycles. The molecule has 2 aromatic rings. The molecule has 0 saturated carbocycles. The lowest BCUT2D eigenvalue weighted by atomic mass is 10.2. The van der Waals surface area contributed by atoms with Gasteiger partial charge in [-0.3, -0.25) is 9.59 Å². The van der Waals surface area contributed by atoms with Crippen molar-refractivity contribution in [3.8, 4) is 0 Å². The molecule has 0 aliphatic rings. The summed E-state index contributed by atoms with van der Waals surface area (Å²) in [5, 5.41) is 9.46. The number of nitrogens with zero attached hydrogens (tertiary/aromatic N) is 2. The molecule has 0 aliphatic heterocycles. The van der Waals surface area contributed by atoms with Crippen molar-refractivity contribution in [2.75, 3.05) is 10.6 Å². The molecule has 0 bridgehead atoms. The third-order valence-corrected chi connectivity index (χ3v) is 3.59. The molecule has 7 heteroatoms. The third-order valence-electron chi connectivity index (χ3n) is 2.82. The number of rotatable bonds is 5. The minimum atomic E-state index is -0.235. The molecule has 110 valence electrons. The Bertz CT molecular complexity index is 654. The van der Waals surface area contributed by atoms with Crippen LogP contribution in [-0.2, 0) is 11.2 Å². The van der Waals surface area contributed by atoms with Gasteiger partial charge < -0.3 is 10.6 Å². The molecule has 1 aromatic carbocycles. The Hall–Kier alpha value is -2.28. The normalized spacial score (nSPS) is 10.2. The van der Waals surface area contributed by atoms with Gasteiger partial charge in [0.15, 0.2) is 0 Å². The van der Waals surface area contributed by atoms with Crippen LogP contribution in [0.1, 0.15) is 35.6 Å². The number of nitrogens with one attached hydrogen (secondary N) is 2. The summed E-state index contributed by atoms with van der Waals surface area (Å²) in [7, 11) is 0. The van der Waals surface area contributed by atoms with E-state index < -0.39 is 0 Å². The second-order valence-corrected chi connectivity index (χ2v) is 5.09. The summed E-state index contributed by atoms with van der Waals surface area (Å²) in [4.78, 5) is 24.1. The second kappa shape index (κ2) is 6.94. The summed E-state index contributed by atoms with van der Waals surface area (Å²) < 4.78 is 3.80. The summed E-state index contributed by atoms with van der Waals surface area (Å²) in [6, 6.07) is 7.02. The lowest BCUT2D eigenvalue weighted by molar-refractivity contribution is -0.115. The van der Waals surface area contributed by atoms with Crippen molar-refractivity contribution in [1.29, 1.82) is 0 Å². The van der Waals surface area contributed by atoms with Gasteiger partial charge in [0.25, 0.3) is 5.91 Å². The maximum absolute atomic E-state index is 12.2. The lowest BCUT2D eigenvalue weighted by Crippen LogP contribution is -2.13. The van der Waals surface area contributed by atoms with Gasteiger partial charge >= 0.3 is 0 Å². The molecule has 1 heterocycles. The summed E-state index contributed by atoms with van der Waals surface area (Å²) in [6.45, 7) is 3.71. The fraction of sp³-hybridized carbons (Fsp3) is 0.286. The molecule has 0 fully saturated rings. The highest BCUT2D eigenvalue weighted by Crippen LogP contribution is 2.18. The number of carbonyl (C=O) groups is 2. The average Bonchev–Trinajstić information content (AvgIpc) is 2.96. The van der Waals surface area contributed by atoms with Crippen LogP contribution in [0.15, 0.2) is 24.3 Å². The summed E-state index contributed by atoms with van der Waals surface area (Å²) >= 11 is 1.08. The molecular weight excluding hydrogens is 288 g/mol. The zero-order chi connectivity index (χ0) is 15.2. The summed E-state index contributed by atoms with van der Waals surface area (Å²) in [6.07, 6.45) is 1.06. The van der Waals surface area contributed by atoms with Crippen molar-refractivity contribution in [3.63, 3.8) is 0 Å². The molecule has 2 N–H and O–H groups in total. The van der Waals surface area contributed by atoms with E-state index in [1.54, 1.807) is 31.2 Å². The van der Waals surface area contributed by atoms with E-state index >= 15 is 0 Å². The van der Waals surface area contributed by atoms with Gasteiger partial charge in [-0.05, 0) is 36.2 Å². The van der Waals surface area contributed by atoms with Crippen LogP contribution in [0.3, 0.4) is 0 Å². The average molecular weight is 304 g/mol. The first-order valence-electron chi connectivity index (χ1n) is 6.66. The van der Waals surface area contributed by atoms with Crippen molar-refractivity contribution >= 4 is 34.7 Å². The fourth-order valence-electron chi connectivity index (χ4n) is 1.72. The SMILES string of the molecule is CCC(=O)Nc1cccc(NC(=O)c2snnc2CC)c1. The number of benzene rings is 1. The van der Waals surface area contributed by atoms with Gasteiger partial charge in [-0.1, -0.05) is 24.4 Å². The Kier molecular flexibility index (Phi) is 4.99. The zero-order valence-corrected chi connectivity index (χ0v) is 12.7. The molecule has 2 amide bonds. The standard InChI is InChI=1S/C14H16N4O2S/c1-3-11-13(21-18-17-11)14(20)16-10-7-5-6-9(8-10)15-12(19)4-2/h5-8H,3-4H2,1-2H3,(H,15,19)(H,16,20). The van der Waals surface area contributed by atoms with Gasteiger partial charge in [0.2, 0.25) is 5.91 Å². The molecule has 21 heavy (non-hydrogen) atoms. The molecular formula is C14H16N4O2S. The largest absolute Gasteiger partial charge is 0.326 e. The summed E-state index contributed by atoms with van der Waals surface area (Å²) in [5.74, 6) is -0.306. The Morgan fingerprint density at radius 3 is 2.57 bits per heavy atom. The van der Waals surface area contributed by atoms with Crippen molar-refractivity contribution in [2.45, 2.75) is 26.7 Å². The number of anilines is 2. The van der Waals surface area contributed by atoms with Crippen LogP contribution in [0.4, 0.5) is 11.4 Å². The highest BCUT2D eigenvalue weighted by Gasteiger charge is 2.15. The predicted octanol–water partition coefficient (Wildman–Crippen LogP) is 2.70. The Morgan fingerprint density at radius 1 is 1.19 bits per heavy atom. The highest BCUT2D eigenvalue weighted by atomic mass is 32.1. The Morgan fingerprint density at radius 2 is 1.90 bits per heavy atom. The molecule has 0 spiro atoms. The minimum Gasteiger partial charge on any atom is -0.326 e. The number of hydrogen-bond donors (Lipinski definition) is 2. The van der Waals surface area contributed by atoms with Crippen molar-refractivity contribution in [3.05, 3.63) is 34.8 Å². The Labute approximate surface area is 126 Å². The first kappa shape index (κ1) is 15.1. The first-order chi connectivity index (χ1) is 10.1. The molecule has 0 unspecified atom stereocenters. The van der Waals surface area contributed by atoms with E-state index in [4.69, 9.17) is 0 Å². The van der Waals surface area contributed by atoms with Crippen LogP contribution in [0.5, 0.6) is 0 Å². The van der Waals surface area contributed by atoms with E-state index in [9.17, 15) is 9.59 Å². The molecule has 0 atom stereocenters. The predicted molar refractivity (Wildman–Crippen MR) is 82.6 cm³/mol. The van der Waals surface area contributed by atoms with Crippen LogP contribution in [0.25, 0.3) is 0 Å². The fourth-order valence-corrected chi connectivity index (χ4v) is 2.37. The number of aromatic nitrogens is 2. The van der Waals surface area contributed by atoms with Crippen molar-refractivity contribution < 1.29 is 9.59 Å². The van der Waals surface area contributed by atoms with Gasteiger partial charge in [0, 0.05) is 17.8 Å². The number of carbonyl (C=O) groups excluding carboxylic acids is 2. The number of amides is 2. The smallest absolute Gasteiger partial charge is 0.269 e. The van der Waals surface area contributed by atoms with Crippen LogP contribution in [0.2, 0.25) is 0 Å². The van der Waals surface area contributed by atoms with Gasteiger partial charge in [-0.25, -0.2) is 0 Å². The number of aryl methyl sites for hydroxylation is 1.